The van der Waals surface area contributed by atoms with Crippen LogP contribution in [-0.4, -0.2) is 6.61 Å². The third kappa shape index (κ3) is 5.54. The zero-order valence-electron chi connectivity index (χ0n) is 4.90. The van der Waals surface area contributed by atoms with E-state index in [9.17, 15) is 0 Å². The average Bonchev–Trinajstić information content (AvgIpc) is 1.61. The quantitative estimate of drug-likeness (QED) is 0.488. The Bertz CT molecular complexity index is 48.1. The van der Waals surface area contributed by atoms with Crippen LogP contribution >= 0.6 is 0 Å². The number of hydrogen-bond acceptors (Lipinski definition) is 1. The molecule has 0 fully saturated rings. The van der Waals surface area contributed by atoms with Gasteiger partial charge in [-0.05, 0) is 5.92 Å². The maximum Gasteiger partial charge on any atom is 0.153 e. The van der Waals surface area contributed by atoms with Crippen molar-refractivity contribution in [3.05, 3.63) is 12.8 Å². The summed E-state index contributed by atoms with van der Waals surface area (Å²) in [4.78, 5) is 0. The summed E-state index contributed by atoms with van der Waals surface area (Å²) in [6.07, 6.45) is 2.35. The van der Waals surface area contributed by atoms with Gasteiger partial charge in [-0.3, -0.25) is 0 Å². The van der Waals surface area contributed by atoms with Crippen molar-refractivity contribution >= 4 is 0 Å². The van der Waals surface area contributed by atoms with E-state index in [1.165, 1.54) is 0 Å². The first-order valence-electron chi connectivity index (χ1n) is 2.41. The predicted molar refractivity (Wildman–Crippen MR) is 29.7 cm³/mol. The molecule has 1 heteroatoms. The second kappa shape index (κ2) is 3.72. The topological polar surface area (TPSA) is 9.23 Å². The molecule has 0 aromatic rings. The molecule has 0 aromatic heterocycles. The second-order valence-corrected chi connectivity index (χ2v) is 1.85. The Morgan fingerprint density at radius 3 is 2.43 bits per heavy atom. The average molecular weight is 99.2 g/mol. The highest BCUT2D eigenvalue weighted by Gasteiger charge is 1.87. The maximum atomic E-state index is 4.73. The van der Waals surface area contributed by atoms with Gasteiger partial charge in [-0.2, -0.15) is 0 Å². The maximum absolute atomic E-state index is 4.73. The molecule has 0 saturated carbocycles. The molecular formula is C6H11O. The van der Waals surface area contributed by atoms with E-state index in [4.69, 9.17) is 4.74 Å². The van der Waals surface area contributed by atoms with Crippen molar-refractivity contribution < 1.29 is 4.74 Å². The van der Waals surface area contributed by atoms with Crippen molar-refractivity contribution in [3.63, 3.8) is 0 Å². The Hall–Kier alpha value is -0.460. The van der Waals surface area contributed by atoms with Gasteiger partial charge in [0.05, 0.1) is 6.61 Å². The van der Waals surface area contributed by atoms with Crippen LogP contribution in [0.3, 0.4) is 0 Å². The summed E-state index contributed by atoms with van der Waals surface area (Å²) in [6.45, 7) is 8.17. The lowest BCUT2D eigenvalue weighted by molar-refractivity contribution is 0.194. The van der Waals surface area contributed by atoms with Crippen molar-refractivity contribution in [3.8, 4) is 0 Å². The normalized spacial score (nSPS) is 9.00. The Labute approximate surface area is 45.0 Å². The van der Waals surface area contributed by atoms with E-state index in [0.29, 0.717) is 5.92 Å². The van der Waals surface area contributed by atoms with Crippen LogP contribution in [0.15, 0.2) is 6.58 Å². The molecule has 0 unspecified atom stereocenters. The van der Waals surface area contributed by atoms with Crippen molar-refractivity contribution in [2.45, 2.75) is 13.8 Å². The van der Waals surface area contributed by atoms with Gasteiger partial charge < -0.3 is 4.74 Å². The Morgan fingerprint density at radius 2 is 2.29 bits per heavy atom. The highest BCUT2D eigenvalue weighted by molar-refractivity contribution is 4.42. The molecular weight excluding hydrogens is 88.1 g/mol. The molecule has 41 valence electrons. The molecule has 1 radical (unpaired) electrons. The monoisotopic (exact) mass is 99.1 g/mol. The lowest BCUT2D eigenvalue weighted by Crippen LogP contribution is -1.95. The van der Waals surface area contributed by atoms with Crippen molar-refractivity contribution in [2.75, 3.05) is 6.61 Å². The summed E-state index contributed by atoms with van der Waals surface area (Å²) >= 11 is 0. The van der Waals surface area contributed by atoms with E-state index in [1.807, 2.05) is 0 Å². The third-order valence-electron chi connectivity index (χ3n) is 0.519. The molecule has 0 atom stereocenters. The minimum atomic E-state index is 0.578. The first-order valence-corrected chi connectivity index (χ1v) is 2.41. The zero-order chi connectivity index (χ0) is 5.70. The molecule has 0 aromatic carbocycles. The summed E-state index contributed by atoms with van der Waals surface area (Å²) < 4.78 is 4.73. The number of hydrogen-bond donors (Lipinski definition) is 0. The molecule has 1 nitrogen and oxygen atoms in total. The van der Waals surface area contributed by atoms with Gasteiger partial charge in [0.25, 0.3) is 0 Å². The van der Waals surface area contributed by atoms with Crippen molar-refractivity contribution in [1.82, 2.24) is 0 Å². The Morgan fingerprint density at radius 1 is 1.71 bits per heavy atom. The van der Waals surface area contributed by atoms with Gasteiger partial charge in [-0.25, -0.2) is 0 Å². The van der Waals surface area contributed by atoms with Crippen LogP contribution in [0, 0.1) is 12.2 Å². The smallest absolute Gasteiger partial charge is 0.153 e. The minimum Gasteiger partial charge on any atom is -0.490 e. The van der Waals surface area contributed by atoms with Gasteiger partial charge in [0, 0.05) is 0 Å². The summed E-state index contributed by atoms with van der Waals surface area (Å²) in [6, 6.07) is 0. The van der Waals surface area contributed by atoms with Gasteiger partial charge >= 0.3 is 0 Å². The molecule has 0 aliphatic heterocycles. The van der Waals surface area contributed by atoms with Gasteiger partial charge in [0.15, 0.2) is 6.26 Å². The van der Waals surface area contributed by atoms with Crippen LogP contribution in [0.4, 0.5) is 0 Å². The molecule has 0 rings (SSSR count). The molecule has 0 heterocycles. The van der Waals surface area contributed by atoms with Crippen molar-refractivity contribution in [2.24, 2.45) is 5.92 Å². The minimum absolute atomic E-state index is 0.578. The number of rotatable bonds is 3. The first kappa shape index (κ1) is 6.54. The van der Waals surface area contributed by atoms with Gasteiger partial charge in [-0.1, -0.05) is 20.4 Å². The van der Waals surface area contributed by atoms with Gasteiger partial charge in [0.1, 0.15) is 0 Å². The molecule has 0 saturated heterocycles. The highest BCUT2D eigenvalue weighted by atomic mass is 16.5. The van der Waals surface area contributed by atoms with Crippen LogP contribution in [-0.2, 0) is 4.74 Å². The van der Waals surface area contributed by atoms with E-state index in [-0.39, 0.29) is 0 Å². The zero-order valence-corrected chi connectivity index (χ0v) is 4.90. The predicted octanol–water partition coefficient (Wildman–Crippen LogP) is 1.61. The molecule has 0 amide bonds. The standard InChI is InChI=1S/C6H11O/c1-4-7-5-6(2)3/h6H,1,5H2,2-3H3. The Kier molecular flexibility index (Phi) is 3.48. The molecule has 0 N–H and O–H groups in total. The van der Waals surface area contributed by atoms with E-state index in [2.05, 4.69) is 26.7 Å². The summed E-state index contributed by atoms with van der Waals surface area (Å²) in [5.41, 5.74) is 0. The first-order chi connectivity index (χ1) is 3.27. The van der Waals surface area contributed by atoms with Crippen LogP contribution in [0.2, 0.25) is 0 Å². The summed E-state index contributed by atoms with van der Waals surface area (Å²) in [5.74, 6) is 0.578. The Balaban J connectivity index is 2.81. The largest absolute Gasteiger partial charge is 0.490 e. The third-order valence-corrected chi connectivity index (χ3v) is 0.519. The van der Waals surface area contributed by atoms with Crippen LogP contribution in [0.5, 0.6) is 0 Å². The van der Waals surface area contributed by atoms with Gasteiger partial charge in [-0.15, -0.1) is 0 Å². The second-order valence-electron chi connectivity index (χ2n) is 1.85. The SMILES string of the molecule is C=[C]OCC(C)C. The fourth-order valence-electron chi connectivity index (χ4n) is 0.226. The van der Waals surface area contributed by atoms with E-state index < -0.39 is 0 Å². The van der Waals surface area contributed by atoms with Crippen LogP contribution < -0.4 is 0 Å². The fraction of sp³-hybridized carbons (Fsp3) is 0.667. The molecule has 0 spiro atoms. The van der Waals surface area contributed by atoms with Crippen LogP contribution in [0.1, 0.15) is 13.8 Å². The van der Waals surface area contributed by atoms with E-state index in [0.717, 1.165) is 6.61 Å². The summed E-state index contributed by atoms with van der Waals surface area (Å²) in [7, 11) is 0. The molecule has 0 bridgehead atoms. The van der Waals surface area contributed by atoms with E-state index in [1.54, 1.807) is 0 Å². The molecule has 7 heavy (non-hydrogen) atoms. The number of ether oxygens (including phenoxy) is 1. The van der Waals surface area contributed by atoms with Crippen molar-refractivity contribution in [1.29, 1.82) is 0 Å². The molecule has 0 aliphatic rings. The van der Waals surface area contributed by atoms with E-state index >= 15 is 0 Å². The van der Waals surface area contributed by atoms with Gasteiger partial charge in [0.2, 0.25) is 0 Å². The van der Waals surface area contributed by atoms with Crippen LogP contribution in [0.25, 0.3) is 0 Å². The lowest BCUT2D eigenvalue weighted by Gasteiger charge is -1.99. The lowest BCUT2D eigenvalue weighted by atomic mass is 10.2. The highest BCUT2D eigenvalue weighted by Crippen LogP contribution is 1.90. The fourth-order valence-corrected chi connectivity index (χ4v) is 0.226. The molecule has 0 aliphatic carbocycles. The summed E-state index contributed by atoms with van der Waals surface area (Å²) in [5, 5.41) is 0.